The van der Waals surface area contributed by atoms with Crippen LogP contribution in [-0.2, 0) is 47.2 Å². The minimum atomic E-state index is -1.72. The van der Waals surface area contributed by atoms with Gasteiger partial charge in [0.2, 0.25) is 0 Å². The number of hydrogen-bond donors (Lipinski definition) is 1. The average Bonchev–Trinajstić information content (AvgIpc) is 3.66. The summed E-state index contributed by atoms with van der Waals surface area (Å²) < 4.78 is 16.4. The highest BCUT2D eigenvalue weighted by Gasteiger charge is 2.37. The second-order valence-corrected chi connectivity index (χ2v) is 28.7. The van der Waals surface area contributed by atoms with Crippen LogP contribution >= 0.6 is 0 Å². The number of aliphatic hydroxyl groups is 1. The first-order valence-electron chi connectivity index (χ1n) is 30.1. The molecular formula is C73H90N2O6Si. The predicted octanol–water partition coefficient (Wildman–Crippen LogP) is 16.3. The summed E-state index contributed by atoms with van der Waals surface area (Å²) in [6.07, 6.45) is 22.1. The molecule has 2 aliphatic carbocycles. The summed E-state index contributed by atoms with van der Waals surface area (Å²) in [5.74, 6) is 13.2. The molecule has 0 unspecified atom stereocenters. The molecule has 2 aromatic heterocycles. The van der Waals surface area contributed by atoms with Gasteiger partial charge in [-0.05, 0) is 215 Å². The summed E-state index contributed by atoms with van der Waals surface area (Å²) in [4.78, 5) is 32.3. The number of esters is 2. The van der Waals surface area contributed by atoms with E-state index in [1.807, 2.05) is 24.5 Å². The van der Waals surface area contributed by atoms with Gasteiger partial charge in [-0.2, -0.15) is 0 Å². The third-order valence-electron chi connectivity index (χ3n) is 17.6. The van der Waals surface area contributed by atoms with E-state index >= 15 is 0 Å². The highest BCUT2D eigenvalue weighted by molar-refractivity contribution is 6.69. The molecule has 2 saturated carbocycles. The van der Waals surface area contributed by atoms with Crippen LogP contribution in [0.5, 0.6) is 0 Å². The van der Waals surface area contributed by atoms with Gasteiger partial charge < -0.3 is 19.0 Å². The van der Waals surface area contributed by atoms with Crippen molar-refractivity contribution in [2.45, 2.75) is 200 Å². The van der Waals surface area contributed by atoms with Crippen molar-refractivity contribution in [3.8, 4) is 45.9 Å². The van der Waals surface area contributed by atoms with Crippen LogP contribution in [0.15, 0.2) is 110 Å². The van der Waals surface area contributed by atoms with Crippen LogP contribution in [0.2, 0.25) is 19.6 Å². The molecule has 0 atom stereocenters. The Morgan fingerprint density at radius 1 is 0.524 bits per heavy atom. The van der Waals surface area contributed by atoms with Gasteiger partial charge in [-0.3, -0.25) is 19.6 Å². The number of benzene rings is 4. The van der Waals surface area contributed by atoms with Crippen LogP contribution < -0.4 is 0 Å². The lowest BCUT2D eigenvalue weighted by atomic mass is 9.69. The van der Waals surface area contributed by atoms with Crippen molar-refractivity contribution in [3.63, 3.8) is 0 Å². The molecule has 0 spiro atoms. The van der Waals surface area contributed by atoms with Gasteiger partial charge in [-0.25, -0.2) is 0 Å². The van der Waals surface area contributed by atoms with Gasteiger partial charge in [0.05, 0.1) is 27.1 Å². The summed E-state index contributed by atoms with van der Waals surface area (Å²) in [6.45, 7) is 24.5. The van der Waals surface area contributed by atoms with Crippen LogP contribution in [0, 0.1) is 51.4 Å². The second-order valence-electron chi connectivity index (χ2n) is 24.2. The Hall–Kier alpha value is -6.62. The lowest BCUT2D eigenvalue weighted by Crippen LogP contribution is -2.43. The molecule has 8 rings (SSSR count). The fraction of sp³-hybridized carbons (Fsp3) is 0.452. The lowest BCUT2D eigenvalue weighted by molar-refractivity contribution is -0.140. The average molecular weight is 1120 g/mol. The normalized spacial score (nSPS) is 14.9. The monoisotopic (exact) mass is 1120 g/mol. The number of aryl methyl sites for hydroxylation is 4. The summed E-state index contributed by atoms with van der Waals surface area (Å²) >= 11 is 0. The maximum Gasteiger partial charge on any atom is 0.310 e. The van der Waals surface area contributed by atoms with Crippen molar-refractivity contribution < 1.29 is 28.6 Å². The molecule has 0 saturated heterocycles. The Labute approximate surface area is 492 Å². The van der Waals surface area contributed by atoms with Crippen molar-refractivity contribution in [3.05, 3.63) is 176 Å². The zero-order valence-electron chi connectivity index (χ0n) is 51.6. The largest absolute Gasteiger partial charge is 0.469 e. The number of rotatable bonds is 16. The number of nitrogens with zero attached hydrogens (tertiary/aromatic N) is 2. The number of methoxy groups -OCH3 is 2. The van der Waals surface area contributed by atoms with Crippen molar-refractivity contribution in [1.29, 1.82) is 0 Å². The highest BCUT2D eigenvalue weighted by atomic mass is 28.4. The molecule has 2 fully saturated rings. The number of ether oxygens (including phenoxy) is 2. The van der Waals surface area contributed by atoms with Crippen LogP contribution in [0.3, 0.4) is 0 Å². The molecule has 0 amide bonds. The van der Waals surface area contributed by atoms with Crippen LogP contribution in [0.4, 0.5) is 0 Å². The van der Waals surface area contributed by atoms with E-state index in [0.717, 1.165) is 114 Å². The topological polar surface area (TPSA) is 108 Å². The standard InChI is InChI=1S/C38H49NO3Si.C35H41NO3/c1-9-38(10-2,34-16-17-35(29(4)23-34)32-24-30(26-39-27-32)25-36(40)41-5)33-15-14-31(28(3)22-33)18-21-37(42-43(6,7)8)19-12-11-13-20-37;1-6-35(7-2,30-12-11-28(25(3)19-30)15-18-34(38)16-9-8-10-17-34)31-13-14-32(26(4)20-31)29-21-27(23-36-24-29)22-33(37)39-5/h14-17,22-24,26-27H,9-13,19-20,25H2,1-8H3;11-14,19-21,23-24,38H,6-10,16-17,22H2,1-5H3. The van der Waals surface area contributed by atoms with Gasteiger partial charge in [-0.1, -0.05) is 125 Å². The molecule has 82 heavy (non-hydrogen) atoms. The van der Waals surface area contributed by atoms with Gasteiger partial charge in [0, 0.05) is 57.9 Å². The van der Waals surface area contributed by atoms with Crippen LogP contribution in [0.1, 0.15) is 184 Å². The smallest absolute Gasteiger partial charge is 0.310 e. The van der Waals surface area contributed by atoms with Crippen LogP contribution in [0.25, 0.3) is 22.3 Å². The minimum absolute atomic E-state index is 0.101. The van der Waals surface area contributed by atoms with E-state index in [0.29, 0.717) is 0 Å². The van der Waals surface area contributed by atoms with E-state index in [2.05, 4.69) is 181 Å². The molecule has 0 radical (unpaired) electrons. The number of carbonyl (C=O) groups excluding carboxylic acids is 2. The number of carbonyl (C=O) groups is 2. The molecule has 432 valence electrons. The first kappa shape index (κ1) is 63.0. The van der Waals surface area contributed by atoms with E-state index in [1.165, 1.54) is 78.8 Å². The summed E-state index contributed by atoms with van der Waals surface area (Å²) in [5, 5.41) is 10.8. The maximum absolute atomic E-state index is 11.8. The molecule has 0 bridgehead atoms. The van der Waals surface area contributed by atoms with Crippen molar-refractivity contribution in [2.24, 2.45) is 0 Å². The first-order valence-corrected chi connectivity index (χ1v) is 33.5. The minimum Gasteiger partial charge on any atom is -0.469 e. The third kappa shape index (κ3) is 15.1. The number of pyridine rings is 2. The SMILES string of the molecule is CCC(CC)(c1ccc(C#CC2(O)CCCCC2)c(C)c1)c1ccc(-c2cncc(CC(=O)OC)c2)c(C)c1.CCC(CC)(c1ccc(C#CC2(O[Si](C)(C)C)CCCCC2)c(C)c1)c1ccc(-c2cncc(CC(=O)OC)c2)c(C)c1. The van der Waals surface area contributed by atoms with Gasteiger partial charge in [-0.15, -0.1) is 0 Å². The van der Waals surface area contributed by atoms with E-state index in [-0.39, 0.29) is 41.2 Å². The van der Waals surface area contributed by atoms with E-state index in [1.54, 1.807) is 12.4 Å². The van der Waals surface area contributed by atoms with E-state index < -0.39 is 13.9 Å². The van der Waals surface area contributed by atoms with Crippen molar-refractivity contribution >= 4 is 20.3 Å². The van der Waals surface area contributed by atoms with Crippen LogP contribution in [-0.4, -0.2) is 60.8 Å². The number of hydrogen-bond acceptors (Lipinski definition) is 8. The molecular weight excluding hydrogens is 1030 g/mol. The Morgan fingerprint density at radius 3 is 1.27 bits per heavy atom. The van der Waals surface area contributed by atoms with Gasteiger partial charge in [0.15, 0.2) is 8.32 Å². The Morgan fingerprint density at radius 2 is 0.902 bits per heavy atom. The molecule has 2 aliphatic rings. The molecule has 0 aliphatic heterocycles. The van der Waals surface area contributed by atoms with E-state index in [4.69, 9.17) is 13.9 Å². The maximum atomic E-state index is 11.8. The molecule has 8 nitrogen and oxygen atoms in total. The Balaban J connectivity index is 0.000000237. The predicted molar refractivity (Wildman–Crippen MR) is 337 cm³/mol. The quantitative estimate of drug-likeness (QED) is 0.0580. The fourth-order valence-corrected chi connectivity index (χ4v) is 14.2. The van der Waals surface area contributed by atoms with Crippen molar-refractivity contribution in [1.82, 2.24) is 9.97 Å². The third-order valence-corrected chi connectivity index (χ3v) is 18.6. The molecule has 9 heteroatoms. The Bertz CT molecular complexity index is 3330. The summed E-state index contributed by atoms with van der Waals surface area (Å²) in [6, 6.07) is 31.1. The molecule has 4 aromatic carbocycles. The van der Waals surface area contributed by atoms with Gasteiger partial charge in [0.1, 0.15) is 11.2 Å². The molecule has 1 N–H and O–H groups in total. The van der Waals surface area contributed by atoms with Crippen molar-refractivity contribution in [2.75, 3.05) is 14.2 Å². The molecule has 2 heterocycles. The second kappa shape index (κ2) is 27.6. The zero-order valence-corrected chi connectivity index (χ0v) is 52.6. The fourth-order valence-electron chi connectivity index (χ4n) is 12.8. The summed E-state index contributed by atoms with van der Waals surface area (Å²) in [5.41, 5.74) is 16.7. The Kier molecular flexibility index (Phi) is 21.2. The summed E-state index contributed by atoms with van der Waals surface area (Å²) in [7, 11) is 1.10. The van der Waals surface area contributed by atoms with Gasteiger partial charge in [0.25, 0.3) is 0 Å². The zero-order chi connectivity index (χ0) is 59.3. The van der Waals surface area contributed by atoms with Gasteiger partial charge >= 0.3 is 11.9 Å². The number of aromatic nitrogens is 2. The van der Waals surface area contributed by atoms with E-state index in [9.17, 15) is 14.7 Å². The lowest BCUT2D eigenvalue weighted by Gasteiger charge is -2.38. The molecule has 6 aromatic rings. The highest BCUT2D eigenvalue weighted by Crippen LogP contribution is 2.43. The first-order chi connectivity index (χ1) is 39.2.